The average molecular weight is 908 g/mol. The molecule has 0 aromatic carbocycles. The van der Waals surface area contributed by atoms with Crippen molar-refractivity contribution >= 4 is 19.8 Å². The summed E-state index contributed by atoms with van der Waals surface area (Å²) in [6.45, 7) is 3.72. The van der Waals surface area contributed by atoms with E-state index in [0.717, 1.165) is 51.4 Å². The van der Waals surface area contributed by atoms with Crippen molar-refractivity contribution in [3.05, 3.63) is 48.6 Å². The fraction of sp³-hybridized carbons (Fsp3) is 0.811. The third-order valence-corrected chi connectivity index (χ3v) is 12.2. The van der Waals surface area contributed by atoms with Crippen LogP contribution in [0.2, 0.25) is 0 Å². The second-order valence-corrected chi connectivity index (χ2v) is 18.8. The zero-order chi connectivity index (χ0) is 46.0. The van der Waals surface area contributed by atoms with Crippen molar-refractivity contribution in [3.8, 4) is 0 Å². The van der Waals surface area contributed by atoms with Crippen LogP contribution in [0.15, 0.2) is 48.6 Å². The molecular formula is C53H98NO8P. The third kappa shape index (κ3) is 49.2. The van der Waals surface area contributed by atoms with Gasteiger partial charge in [-0.2, -0.15) is 0 Å². The minimum Gasteiger partial charge on any atom is -0.462 e. The normalized spacial score (nSPS) is 13.5. The lowest BCUT2D eigenvalue weighted by Crippen LogP contribution is -2.29. The summed E-state index contributed by atoms with van der Waals surface area (Å²) in [5.41, 5.74) is 5.37. The van der Waals surface area contributed by atoms with Gasteiger partial charge in [-0.25, -0.2) is 4.57 Å². The summed E-state index contributed by atoms with van der Waals surface area (Å²) in [6, 6.07) is 0. The van der Waals surface area contributed by atoms with Crippen molar-refractivity contribution in [1.82, 2.24) is 0 Å². The number of hydrogen-bond donors (Lipinski definition) is 2. The number of hydrogen-bond acceptors (Lipinski definition) is 8. The van der Waals surface area contributed by atoms with Gasteiger partial charge in [-0.05, 0) is 77.0 Å². The highest BCUT2D eigenvalue weighted by atomic mass is 31.2. The molecule has 0 saturated carbocycles. The van der Waals surface area contributed by atoms with E-state index in [1.807, 2.05) is 0 Å². The van der Waals surface area contributed by atoms with Crippen molar-refractivity contribution in [3.63, 3.8) is 0 Å². The molecule has 10 heteroatoms. The predicted molar refractivity (Wildman–Crippen MR) is 266 cm³/mol. The number of rotatable bonds is 49. The monoisotopic (exact) mass is 908 g/mol. The Morgan fingerprint density at radius 1 is 0.476 bits per heavy atom. The summed E-state index contributed by atoms with van der Waals surface area (Å²) in [4.78, 5) is 35.1. The maximum absolute atomic E-state index is 12.7. The van der Waals surface area contributed by atoms with Crippen LogP contribution in [0.4, 0.5) is 0 Å². The summed E-state index contributed by atoms with van der Waals surface area (Å²) in [5, 5.41) is 0. The van der Waals surface area contributed by atoms with E-state index in [-0.39, 0.29) is 38.6 Å². The van der Waals surface area contributed by atoms with Gasteiger partial charge in [-0.1, -0.05) is 204 Å². The van der Waals surface area contributed by atoms with Crippen LogP contribution in [0.3, 0.4) is 0 Å². The quantitative estimate of drug-likeness (QED) is 0.0265. The van der Waals surface area contributed by atoms with E-state index < -0.39 is 26.5 Å². The van der Waals surface area contributed by atoms with Crippen LogP contribution in [-0.4, -0.2) is 49.3 Å². The van der Waals surface area contributed by atoms with Crippen molar-refractivity contribution < 1.29 is 37.6 Å². The van der Waals surface area contributed by atoms with E-state index in [1.54, 1.807) is 0 Å². The number of esters is 2. The Labute approximate surface area is 387 Å². The van der Waals surface area contributed by atoms with Crippen LogP contribution in [0, 0.1) is 0 Å². The van der Waals surface area contributed by atoms with Crippen molar-refractivity contribution in [2.75, 3.05) is 26.4 Å². The van der Waals surface area contributed by atoms with Crippen LogP contribution >= 0.6 is 7.82 Å². The molecule has 0 rings (SSSR count). The van der Waals surface area contributed by atoms with Crippen LogP contribution in [-0.2, 0) is 32.7 Å². The summed E-state index contributed by atoms with van der Waals surface area (Å²) in [7, 11) is -4.39. The first kappa shape index (κ1) is 61.0. The van der Waals surface area contributed by atoms with Crippen LogP contribution in [0.25, 0.3) is 0 Å². The van der Waals surface area contributed by atoms with Crippen molar-refractivity contribution in [2.45, 2.75) is 251 Å². The van der Waals surface area contributed by atoms with Gasteiger partial charge in [-0.3, -0.25) is 18.6 Å². The molecule has 0 saturated heterocycles. The molecule has 2 unspecified atom stereocenters. The van der Waals surface area contributed by atoms with Crippen LogP contribution in [0.1, 0.15) is 245 Å². The topological polar surface area (TPSA) is 134 Å². The predicted octanol–water partition coefficient (Wildman–Crippen LogP) is 15.8. The van der Waals surface area contributed by atoms with Crippen molar-refractivity contribution in [2.24, 2.45) is 5.73 Å². The molecule has 63 heavy (non-hydrogen) atoms. The number of allylic oxidation sites excluding steroid dienone is 8. The largest absolute Gasteiger partial charge is 0.472 e. The lowest BCUT2D eigenvalue weighted by Gasteiger charge is -2.19. The van der Waals surface area contributed by atoms with E-state index in [0.29, 0.717) is 6.42 Å². The van der Waals surface area contributed by atoms with Gasteiger partial charge < -0.3 is 20.1 Å². The van der Waals surface area contributed by atoms with Gasteiger partial charge in [-0.15, -0.1) is 0 Å². The molecule has 3 N–H and O–H groups in total. The SMILES string of the molecule is CCCCC/C=C\C/C=C\CCCCCCCCCCCC(=O)OCC(COP(=O)(O)OCCN)OC(=O)CCCCCCCCCCCCC/C=C\C/C=C\CCCCCCC. The lowest BCUT2D eigenvalue weighted by atomic mass is 10.0. The van der Waals surface area contributed by atoms with Gasteiger partial charge in [0.15, 0.2) is 6.10 Å². The van der Waals surface area contributed by atoms with Crippen molar-refractivity contribution in [1.29, 1.82) is 0 Å². The minimum atomic E-state index is -4.39. The van der Waals surface area contributed by atoms with Gasteiger partial charge >= 0.3 is 19.8 Å². The molecule has 0 aromatic rings. The van der Waals surface area contributed by atoms with Gasteiger partial charge in [0, 0.05) is 19.4 Å². The zero-order valence-electron chi connectivity index (χ0n) is 40.8. The molecular weight excluding hydrogens is 810 g/mol. The van der Waals surface area contributed by atoms with E-state index in [9.17, 15) is 19.0 Å². The second kappa shape index (κ2) is 49.4. The van der Waals surface area contributed by atoms with Crippen LogP contribution in [0.5, 0.6) is 0 Å². The molecule has 368 valence electrons. The smallest absolute Gasteiger partial charge is 0.462 e. The molecule has 0 aliphatic heterocycles. The summed E-state index contributed by atoms with van der Waals surface area (Å²) in [6.07, 6.45) is 58.6. The lowest BCUT2D eigenvalue weighted by molar-refractivity contribution is -0.161. The molecule has 0 aliphatic carbocycles. The van der Waals surface area contributed by atoms with E-state index in [2.05, 4.69) is 62.5 Å². The molecule has 0 aliphatic rings. The summed E-state index contributed by atoms with van der Waals surface area (Å²) < 4.78 is 33.0. The van der Waals surface area contributed by atoms with Gasteiger partial charge in [0.25, 0.3) is 0 Å². The molecule has 2 atom stereocenters. The summed E-state index contributed by atoms with van der Waals surface area (Å²) >= 11 is 0. The highest BCUT2D eigenvalue weighted by Crippen LogP contribution is 2.43. The Kier molecular flexibility index (Phi) is 47.8. The molecule has 0 amide bonds. The molecule has 0 fully saturated rings. The fourth-order valence-electron chi connectivity index (χ4n) is 7.28. The van der Waals surface area contributed by atoms with Gasteiger partial charge in [0.05, 0.1) is 13.2 Å². The first-order valence-electron chi connectivity index (χ1n) is 26.1. The highest BCUT2D eigenvalue weighted by Gasteiger charge is 2.26. The number of carbonyl (C=O) groups is 2. The second-order valence-electron chi connectivity index (χ2n) is 17.4. The maximum atomic E-state index is 12.7. The van der Waals surface area contributed by atoms with E-state index in [1.165, 1.54) is 161 Å². The number of unbranched alkanes of at least 4 members (excludes halogenated alkanes) is 28. The number of phosphoric acid groups is 1. The number of ether oxygens (including phenoxy) is 2. The highest BCUT2D eigenvalue weighted by molar-refractivity contribution is 7.47. The molecule has 0 spiro atoms. The first-order chi connectivity index (χ1) is 30.8. The van der Waals surface area contributed by atoms with Crippen LogP contribution < -0.4 is 5.73 Å². The Bertz CT molecular complexity index is 1170. The summed E-state index contributed by atoms with van der Waals surface area (Å²) in [5.74, 6) is -0.829. The molecule has 0 aromatic heterocycles. The van der Waals surface area contributed by atoms with E-state index >= 15 is 0 Å². The first-order valence-corrected chi connectivity index (χ1v) is 27.6. The minimum absolute atomic E-state index is 0.0518. The zero-order valence-corrected chi connectivity index (χ0v) is 41.7. The molecule has 9 nitrogen and oxygen atoms in total. The fourth-order valence-corrected chi connectivity index (χ4v) is 8.05. The standard InChI is InChI=1S/C53H98NO8P/c1-3-5-7-9-11-13-15-17-19-21-23-24-25-26-28-30-32-34-36-38-40-42-44-46-53(56)62-51(50-61-63(57,58)60-48-47-54)49-59-52(55)45-43-41-39-37-35-33-31-29-27-22-20-18-16-14-12-10-8-6-4-2/h12,14-15,17-18,20-21,23,51H,3-11,13,16,19,22,24-50,54H2,1-2H3,(H,57,58)/b14-12-,17-15-,20-18-,23-21-. The Morgan fingerprint density at radius 2 is 0.825 bits per heavy atom. The Hall–Kier alpha value is -2.03. The number of nitrogens with two attached hydrogens (primary N) is 1. The Balaban J connectivity index is 4.04. The Morgan fingerprint density at radius 3 is 1.24 bits per heavy atom. The van der Waals surface area contributed by atoms with Gasteiger partial charge in [0.1, 0.15) is 6.61 Å². The number of carbonyl (C=O) groups excluding carboxylic acids is 2. The molecule has 0 heterocycles. The molecule has 0 bridgehead atoms. The van der Waals surface area contributed by atoms with E-state index in [4.69, 9.17) is 24.3 Å². The molecule has 0 radical (unpaired) electrons. The average Bonchev–Trinajstić information content (AvgIpc) is 3.27. The third-order valence-electron chi connectivity index (χ3n) is 11.2. The number of phosphoric ester groups is 1. The van der Waals surface area contributed by atoms with Gasteiger partial charge in [0.2, 0.25) is 0 Å². The maximum Gasteiger partial charge on any atom is 0.472 e.